The van der Waals surface area contributed by atoms with Gasteiger partial charge in [0.1, 0.15) is 22.5 Å². The number of rotatable bonds is 13. The van der Waals surface area contributed by atoms with E-state index in [1.165, 1.54) is 24.8 Å². The quantitative estimate of drug-likeness (QED) is 0.292. The predicted molar refractivity (Wildman–Crippen MR) is 102 cm³/mol. The van der Waals surface area contributed by atoms with Crippen molar-refractivity contribution in [2.75, 3.05) is 6.61 Å². The second-order valence-corrected chi connectivity index (χ2v) is 8.34. The minimum absolute atomic E-state index is 0. The van der Waals surface area contributed by atoms with Gasteiger partial charge in [-0.15, -0.1) is 0 Å². The van der Waals surface area contributed by atoms with Gasteiger partial charge >= 0.3 is 29.6 Å². The third kappa shape index (κ3) is 9.75. The molecule has 1 rings (SSSR count). The largest absolute Gasteiger partial charge is 1.00 e. The topological polar surface area (TPSA) is 66.4 Å². The molecule has 0 amide bonds. The van der Waals surface area contributed by atoms with Crippen LogP contribution in [0.2, 0.25) is 0 Å². The summed E-state index contributed by atoms with van der Waals surface area (Å²) in [4.78, 5) is 0. The third-order valence-corrected chi connectivity index (χ3v) is 5.82. The Kier molecular flexibility index (Phi) is 14.0. The van der Waals surface area contributed by atoms with E-state index in [2.05, 4.69) is 26.0 Å². The fourth-order valence-electron chi connectivity index (χ4n) is 2.86. The van der Waals surface area contributed by atoms with Crippen molar-refractivity contribution in [3.05, 3.63) is 29.3 Å². The number of ether oxygens (including phenoxy) is 1. The molecule has 0 aliphatic carbocycles. The fraction of sp³-hybridized carbons (Fsp3) is 0.700. The van der Waals surface area contributed by atoms with Gasteiger partial charge in [0.15, 0.2) is 0 Å². The van der Waals surface area contributed by atoms with E-state index in [0.717, 1.165) is 43.4 Å². The number of aryl methyl sites for hydroxylation is 2. The molecular formula is C20H33NaO4S. The first-order chi connectivity index (χ1) is 11.9. The molecule has 0 aromatic heterocycles. The van der Waals surface area contributed by atoms with Gasteiger partial charge in [-0.1, -0.05) is 58.6 Å². The minimum Gasteiger partial charge on any atom is -0.748 e. The van der Waals surface area contributed by atoms with Crippen LogP contribution in [0.5, 0.6) is 5.75 Å². The van der Waals surface area contributed by atoms with Crippen LogP contribution >= 0.6 is 0 Å². The van der Waals surface area contributed by atoms with Gasteiger partial charge in [-0.2, -0.15) is 0 Å². The summed E-state index contributed by atoms with van der Waals surface area (Å²) in [6, 6.07) is 6.18. The summed E-state index contributed by atoms with van der Waals surface area (Å²) in [6.45, 7) is 5.99. The summed E-state index contributed by atoms with van der Waals surface area (Å²) < 4.78 is 39.5. The Morgan fingerprint density at radius 1 is 1.00 bits per heavy atom. The second kappa shape index (κ2) is 14.0. The fourth-order valence-corrected chi connectivity index (χ4v) is 3.50. The normalized spacial score (nSPS) is 12.5. The van der Waals surface area contributed by atoms with Crippen molar-refractivity contribution >= 4 is 10.1 Å². The average Bonchev–Trinajstić information content (AvgIpc) is 2.56. The molecule has 1 unspecified atom stereocenters. The van der Waals surface area contributed by atoms with Crippen LogP contribution in [0, 0.1) is 0 Å². The Bertz CT molecular complexity index is 602. The first kappa shape index (κ1) is 25.9. The van der Waals surface area contributed by atoms with Crippen LogP contribution in [0.15, 0.2) is 18.2 Å². The van der Waals surface area contributed by atoms with Crippen LogP contribution in [0.3, 0.4) is 0 Å². The van der Waals surface area contributed by atoms with E-state index in [-0.39, 0.29) is 42.6 Å². The molecular weight excluding hydrogens is 359 g/mol. The number of unbranched alkanes of at least 4 members (excludes halogenated alkanes) is 4. The van der Waals surface area contributed by atoms with Crippen LogP contribution in [0.1, 0.15) is 76.8 Å². The zero-order valence-electron chi connectivity index (χ0n) is 16.9. The van der Waals surface area contributed by atoms with E-state index in [0.29, 0.717) is 0 Å². The van der Waals surface area contributed by atoms with Gasteiger partial charge in [0, 0.05) is 0 Å². The number of hydrogen-bond acceptors (Lipinski definition) is 4. The smallest absolute Gasteiger partial charge is 0.748 e. The summed E-state index contributed by atoms with van der Waals surface area (Å²) >= 11 is 0. The van der Waals surface area contributed by atoms with Crippen molar-refractivity contribution in [1.29, 1.82) is 0 Å². The van der Waals surface area contributed by atoms with Gasteiger partial charge in [-0.25, -0.2) is 8.42 Å². The van der Waals surface area contributed by atoms with Crippen molar-refractivity contribution < 1.29 is 47.3 Å². The summed E-state index contributed by atoms with van der Waals surface area (Å²) in [5, 5.41) is -0.986. The molecule has 1 aromatic carbocycles. The monoisotopic (exact) mass is 392 g/mol. The van der Waals surface area contributed by atoms with Crippen LogP contribution in [0.4, 0.5) is 0 Å². The molecule has 4 nitrogen and oxygen atoms in total. The molecule has 0 aliphatic rings. The van der Waals surface area contributed by atoms with Gasteiger partial charge in [0.25, 0.3) is 0 Å². The molecule has 0 fully saturated rings. The first-order valence-corrected chi connectivity index (χ1v) is 11.1. The second-order valence-electron chi connectivity index (χ2n) is 6.69. The van der Waals surface area contributed by atoms with E-state index < -0.39 is 15.4 Å². The molecule has 1 aromatic rings. The van der Waals surface area contributed by atoms with Gasteiger partial charge < -0.3 is 9.29 Å². The zero-order chi connectivity index (χ0) is 18.7. The molecule has 0 aliphatic heterocycles. The van der Waals surface area contributed by atoms with Gasteiger partial charge in [-0.3, -0.25) is 0 Å². The van der Waals surface area contributed by atoms with Crippen molar-refractivity contribution in [3.8, 4) is 5.75 Å². The first-order valence-electron chi connectivity index (χ1n) is 9.61. The van der Waals surface area contributed by atoms with Crippen molar-refractivity contribution in [2.45, 2.75) is 83.8 Å². The van der Waals surface area contributed by atoms with Crippen molar-refractivity contribution in [1.82, 2.24) is 0 Å². The Morgan fingerprint density at radius 2 is 1.62 bits per heavy atom. The maximum Gasteiger partial charge on any atom is 1.00 e. The van der Waals surface area contributed by atoms with E-state index in [1.807, 2.05) is 6.07 Å². The number of hydrogen-bond donors (Lipinski definition) is 0. The van der Waals surface area contributed by atoms with E-state index in [4.69, 9.17) is 4.74 Å². The van der Waals surface area contributed by atoms with Crippen molar-refractivity contribution in [2.24, 2.45) is 0 Å². The molecule has 0 spiro atoms. The van der Waals surface area contributed by atoms with E-state index in [9.17, 15) is 13.0 Å². The Labute approximate surface area is 182 Å². The number of benzene rings is 1. The van der Waals surface area contributed by atoms with E-state index in [1.54, 1.807) is 6.92 Å². The maximum atomic E-state index is 11.2. The molecule has 144 valence electrons. The molecule has 1 atom stereocenters. The minimum atomic E-state index is -4.32. The molecule has 0 radical (unpaired) electrons. The summed E-state index contributed by atoms with van der Waals surface area (Å²) in [5.74, 6) is 0.720. The van der Waals surface area contributed by atoms with Crippen molar-refractivity contribution in [3.63, 3.8) is 0 Å². The Morgan fingerprint density at radius 3 is 2.15 bits per heavy atom. The summed E-state index contributed by atoms with van der Waals surface area (Å²) in [6.07, 6.45) is 9.25. The molecule has 26 heavy (non-hydrogen) atoms. The molecule has 0 saturated carbocycles. The standard InChI is InChI=1S/C20H34O4S.Na/c1-4-7-9-11-17-13-14-20(18(15-17)12-10-8-5-2)24-16-19(6-3)25(21,22)23;/h13-15,19H,4-12,16H2,1-3H3,(H,21,22,23);/q;+1/p-1. The maximum absolute atomic E-state index is 11.2. The van der Waals surface area contributed by atoms with Gasteiger partial charge in [0.05, 0.1) is 5.25 Å². The molecule has 0 N–H and O–H groups in total. The third-order valence-electron chi connectivity index (χ3n) is 4.53. The summed E-state index contributed by atoms with van der Waals surface area (Å²) in [7, 11) is -4.32. The predicted octanol–water partition coefficient (Wildman–Crippen LogP) is 1.86. The molecule has 6 heteroatoms. The Hall–Kier alpha value is -0.0700. The zero-order valence-corrected chi connectivity index (χ0v) is 19.7. The van der Waals surface area contributed by atoms with E-state index >= 15 is 0 Å². The summed E-state index contributed by atoms with van der Waals surface area (Å²) in [5.41, 5.74) is 2.43. The van der Waals surface area contributed by atoms with Crippen LogP contribution < -0.4 is 34.3 Å². The molecule has 0 saturated heterocycles. The molecule has 0 bridgehead atoms. The van der Waals surface area contributed by atoms with Crippen LogP contribution in [0.25, 0.3) is 0 Å². The van der Waals surface area contributed by atoms with Gasteiger partial charge in [0.2, 0.25) is 0 Å². The Balaban J connectivity index is 0.00000625. The van der Waals surface area contributed by atoms with Crippen LogP contribution in [-0.2, 0) is 23.0 Å². The average molecular weight is 393 g/mol. The SMILES string of the molecule is CCCCCc1ccc(OCC(CC)S(=O)(=O)[O-])c(CCCCC)c1.[Na+]. The van der Waals surface area contributed by atoms with Crippen LogP contribution in [-0.4, -0.2) is 24.8 Å². The van der Waals surface area contributed by atoms with Gasteiger partial charge in [-0.05, 0) is 49.3 Å². The molecule has 0 heterocycles.